The normalized spacial score (nSPS) is 10.8. The molecule has 3 aromatic carbocycles. The summed E-state index contributed by atoms with van der Waals surface area (Å²) in [6, 6.07) is 19.9. The van der Waals surface area contributed by atoms with Crippen molar-refractivity contribution in [3.63, 3.8) is 0 Å². The molecule has 0 bridgehead atoms. The molecule has 0 atom stereocenters. The number of oxazole rings is 1. The Morgan fingerprint density at radius 2 is 1.67 bits per heavy atom. The van der Waals surface area contributed by atoms with Gasteiger partial charge in [-0.3, -0.25) is 10.1 Å². The minimum atomic E-state index is -0.342. The molecule has 1 amide bonds. The van der Waals surface area contributed by atoms with Crippen LogP contribution in [0, 0.1) is 0 Å². The zero-order valence-electron chi connectivity index (χ0n) is 15.8. The Morgan fingerprint density at radius 1 is 0.967 bits per heavy atom. The van der Waals surface area contributed by atoms with E-state index in [9.17, 15) is 9.90 Å². The smallest absolute Gasteiger partial charge is 0.233 e. The first-order valence-corrected chi connectivity index (χ1v) is 9.81. The van der Waals surface area contributed by atoms with Crippen molar-refractivity contribution in [3.05, 3.63) is 76.8 Å². The number of hydrogen-bond donors (Lipinski definition) is 2. The van der Waals surface area contributed by atoms with E-state index in [0.717, 1.165) is 11.1 Å². The highest BCUT2D eigenvalue weighted by Gasteiger charge is 2.23. The number of phenols is 1. The van der Waals surface area contributed by atoms with Gasteiger partial charge in [0.05, 0.1) is 15.6 Å². The zero-order valence-corrected chi connectivity index (χ0v) is 17.3. The van der Waals surface area contributed by atoms with Crippen molar-refractivity contribution >= 4 is 35.0 Å². The number of anilines is 1. The van der Waals surface area contributed by atoms with Crippen molar-refractivity contribution in [2.45, 2.75) is 6.92 Å². The number of aromatic hydroxyl groups is 1. The fraction of sp³-hybridized carbons (Fsp3) is 0.0435. The third-order valence-corrected chi connectivity index (χ3v) is 5.08. The minimum absolute atomic E-state index is 0.0104. The van der Waals surface area contributed by atoms with Gasteiger partial charge in [0.25, 0.3) is 0 Å². The van der Waals surface area contributed by atoms with E-state index in [0.29, 0.717) is 21.2 Å². The van der Waals surface area contributed by atoms with Crippen LogP contribution in [0.4, 0.5) is 5.88 Å². The summed E-state index contributed by atoms with van der Waals surface area (Å²) in [5, 5.41) is 14.0. The molecule has 5 nitrogen and oxygen atoms in total. The van der Waals surface area contributed by atoms with Crippen LogP contribution in [0.3, 0.4) is 0 Å². The molecule has 0 aliphatic carbocycles. The fourth-order valence-electron chi connectivity index (χ4n) is 3.10. The van der Waals surface area contributed by atoms with Crippen LogP contribution in [-0.2, 0) is 4.79 Å². The maximum Gasteiger partial charge on any atom is 0.233 e. The predicted molar refractivity (Wildman–Crippen MR) is 119 cm³/mol. The summed E-state index contributed by atoms with van der Waals surface area (Å²) in [6.07, 6.45) is 0. The molecule has 0 unspecified atom stereocenters. The maximum absolute atomic E-state index is 11.7. The molecule has 0 radical (unpaired) electrons. The number of rotatable bonds is 4. The average Bonchev–Trinajstić information content (AvgIpc) is 3.10. The molecule has 1 heterocycles. The molecule has 0 saturated heterocycles. The van der Waals surface area contributed by atoms with Crippen molar-refractivity contribution < 1.29 is 14.3 Å². The number of halogens is 2. The van der Waals surface area contributed by atoms with Gasteiger partial charge in [-0.15, -0.1) is 0 Å². The molecule has 2 N–H and O–H groups in total. The lowest BCUT2D eigenvalue weighted by Gasteiger charge is -2.05. The summed E-state index contributed by atoms with van der Waals surface area (Å²) >= 11 is 12.6. The first-order valence-electron chi connectivity index (χ1n) is 9.05. The lowest BCUT2D eigenvalue weighted by atomic mass is 10.0. The molecule has 0 aliphatic rings. The van der Waals surface area contributed by atoms with Gasteiger partial charge in [-0.2, -0.15) is 0 Å². The molecule has 4 rings (SSSR count). The standard InChI is InChI=1S/C23H16Cl2N2O3/c1-13(28)26-23-21(20-17(24)8-5-9-18(20)25)27-22(30-23)16-11-10-15(12-19(16)29)14-6-3-2-4-7-14/h2-12,29H,1H3,(H,26,28). The lowest BCUT2D eigenvalue weighted by molar-refractivity contribution is -0.114. The summed E-state index contributed by atoms with van der Waals surface area (Å²) in [4.78, 5) is 16.1. The Labute approximate surface area is 182 Å². The third-order valence-electron chi connectivity index (χ3n) is 4.45. The van der Waals surface area contributed by atoms with Gasteiger partial charge < -0.3 is 9.52 Å². The first-order chi connectivity index (χ1) is 14.4. The van der Waals surface area contributed by atoms with Gasteiger partial charge in [-0.05, 0) is 35.4 Å². The molecular formula is C23H16Cl2N2O3. The first kappa shape index (κ1) is 20.0. The highest BCUT2D eigenvalue weighted by Crippen LogP contribution is 2.42. The van der Waals surface area contributed by atoms with Crippen molar-refractivity contribution in [2.24, 2.45) is 0 Å². The highest BCUT2D eigenvalue weighted by atomic mass is 35.5. The van der Waals surface area contributed by atoms with E-state index in [1.807, 2.05) is 36.4 Å². The van der Waals surface area contributed by atoms with Crippen LogP contribution in [0.25, 0.3) is 33.8 Å². The Morgan fingerprint density at radius 3 is 2.30 bits per heavy atom. The average molecular weight is 439 g/mol. The van der Waals surface area contributed by atoms with Crippen molar-refractivity contribution in [1.29, 1.82) is 0 Å². The number of hydrogen-bond acceptors (Lipinski definition) is 4. The van der Waals surface area contributed by atoms with E-state index in [2.05, 4.69) is 10.3 Å². The molecule has 0 spiro atoms. The molecule has 30 heavy (non-hydrogen) atoms. The van der Waals surface area contributed by atoms with Crippen molar-refractivity contribution in [1.82, 2.24) is 4.98 Å². The number of amides is 1. The SMILES string of the molecule is CC(=O)Nc1oc(-c2ccc(-c3ccccc3)cc2O)nc1-c1c(Cl)cccc1Cl. The quantitative estimate of drug-likeness (QED) is 0.374. The van der Waals surface area contributed by atoms with Crippen LogP contribution in [0.1, 0.15) is 6.92 Å². The molecular weight excluding hydrogens is 423 g/mol. The van der Waals surface area contributed by atoms with Crippen LogP contribution >= 0.6 is 23.2 Å². The number of carbonyl (C=O) groups excluding carboxylic acids is 1. The van der Waals surface area contributed by atoms with Gasteiger partial charge in [-0.1, -0.05) is 65.7 Å². The maximum atomic E-state index is 11.7. The lowest BCUT2D eigenvalue weighted by Crippen LogP contribution is -2.06. The number of benzene rings is 3. The van der Waals surface area contributed by atoms with E-state index in [-0.39, 0.29) is 29.1 Å². The third kappa shape index (κ3) is 3.90. The van der Waals surface area contributed by atoms with E-state index in [1.54, 1.807) is 30.3 Å². The monoisotopic (exact) mass is 438 g/mol. The Hall–Kier alpha value is -3.28. The second kappa shape index (κ2) is 8.22. The Balaban J connectivity index is 1.82. The van der Waals surface area contributed by atoms with Crippen LogP contribution in [0.2, 0.25) is 10.0 Å². The van der Waals surface area contributed by atoms with Gasteiger partial charge in [0.2, 0.25) is 17.7 Å². The minimum Gasteiger partial charge on any atom is -0.507 e. The summed E-state index contributed by atoms with van der Waals surface area (Å²) in [7, 11) is 0. The van der Waals surface area contributed by atoms with E-state index in [4.69, 9.17) is 27.6 Å². The van der Waals surface area contributed by atoms with Gasteiger partial charge in [0.1, 0.15) is 11.4 Å². The van der Waals surface area contributed by atoms with E-state index < -0.39 is 0 Å². The second-order valence-electron chi connectivity index (χ2n) is 6.57. The summed E-state index contributed by atoms with van der Waals surface area (Å²) in [6.45, 7) is 1.35. The summed E-state index contributed by atoms with van der Waals surface area (Å²) in [5.41, 5.74) is 2.90. The van der Waals surface area contributed by atoms with Gasteiger partial charge >= 0.3 is 0 Å². The highest BCUT2D eigenvalue weighted by molar-refractivity contribution is 6.39. The van der Waals surface area contributed by atoms with Crippen LogP contribution < -0.4 is 5.32 Å². The number of carbonyl (C=O) groups is 1. The molecule has 0 fully saturated rings. The number of aromatic nitrogens is 1. The Bertz CT molecular complexity index is 1220. The van der Waals surface area contributed by atoms with Crippen molar-refractivity contribution in [3.8, 4) is 39.6 Å². The Kier molecular flexibility index (Phi) is 5.48. The summed E-state index contributed by atoms with van der Waals surface area (Å²) in [5.74, 6) is -0.129. The van der Waals surface area contributed by atoms with E-state index in [1.165, 1.54) is 6.92 Å². The summed E-state index contributed by atoms with van der Waals surface area (Å²) < 4.78 is 5.78. The molecule has 4 aromatic rings. The molecule has 7 heteroatoms. The van der Waals surface area contributed by atoms with Crippen LogP contribution in [0.5, 0.6) is 5.75 Å². The molecule has 1 aromatic heterocycles. The van der Waals surface area contributed by atoms with E-state index >= 15 is 0 Å². The number of nitrogens with one attached hydrogen (secondary N) is 1. The van der Waals surface area contributed by atoms with Crippen LogP contribution in [0.15, 0.2) is 71.1 Å². The van der Waals surface area contributed by atoms with Gasteiger partial charge in [0.15, 0.2) is 0 Å². The van der Waals surface area contributed by atoms with Gasteiger partial charge in [-0.25, -0.2) is 4.98 Å². The van der Waals surface area contributed by atoms with Crippen molar-refractivity contribution in [2.75, 3.05) is 5.32 Å². The molecule has 150 valence electrons. The zero-order chi connectivity index (χ0) is 21.3. The predicted octanol–water partition coefficient (Wildman–Crippen LogP) is 6.65. The van der Waals surface area contributed by atoms with Crippen LogP contribution in [-0.4, -0.2) is 16.0 Å². The molecule has 0 aliphatic heterocycles. The molecule has 0 saturated carbocycles. The van der Waals surface area contributed by atoms with Gasteiger partial charge in [0, 0.05) is 12.5 Å². The fourth-order valence-corrected chi connectivity index (χ4v) is 3.67. The number of nitrogens with zero attached hydrogens (tertiary/aromatic N) is 1. The number of phenolic OH excluding ortho intramolecular Hbond substituents is 1. The second-order valence-corrected chi connectivity index (χ2v) is 7.39. The topological polar surface area (TPSA) is 75.4 Å². The largest absolute Gasteiger partial charge is 0.507 e.